The molecular weight excluding hydrogens is 288 g/mol. The summed E-state index contributed by atoms with van der Waals surface area (Å²) in [6.07, 6.45) is 2.36. The van der Waals surface area contributed by atoms with Crippen LogP contribution in [0.25, 0.3) is 0 Å². The fourth-order valence-corrected chi connectivity index (χ4v) is 2.24. The van der Waals surface area contributed by atoms with Gasteiger partial charge in [-0.15, -0.1) is 0 Å². The molecule has 11 heteroatoms. The molecule has 0 fully saturated rings. The van der Waals surface area contributed by atoms with E-state index >= 15 is 0 Å². The van der Waals surface area contributed by atoms with Gasteiger partial charge in [-0.3, -0.25) is 10.1 Å². The third kappa shape index (κ3) is 2.88. The van der Waals surface area contributed by atoms with Crippen molar-refractivity contribution in [3.63, 3.8) is 0 Å². The van der Waals surface area contributed by atoms with Crippen LogP contribution in [0.5, 0.6) is 0 Å². The lowest BCUT2D eigenvalue weighted by Crippen LogP contribution is -2.13. The fraction of sp³-hybridized carbons (Fsp3) is 0.333. The van der Waals surface area contributed by atoms with Crippen molar-refractivity contribution in [1.82, 2.24) is 14.5 Å². The molecule has 0 aliphatic rings. The highest BCUT2D eigenvalue weighted by atomic mass is 32.1. The molecule has 10 nitrogen and oxygen atoms in total. The Kier molecular flexibility index (Phi) is 3.89. The van der Waals surface area contributed by atoms with E-state index in [1.165, 1.54) is 10.8 Å². The van der Waals surface area contributed by atoms with E-state index in [2.05, 4.69) is 15.3 Å². The largest absolute Gasteiger partial charge is 0.358 e. The van der Waals surface area contributed by atoms with E-state index in [4.69, 9.17) is 0 Å². The highest BCUT2D eigenvalue weighted by Crippen LogP contribution is 2.24. The number of hydrogen-bond acceptors (Lipinski definition) is 8. The number of nitrogens with one attached hydrogen (secondary N) is 1. The maximum absolute atomic E-state index is 10.8. The van der Waals surface area contributed by atoms with E-state index in [1.807, 2.05) is 0 Å². The van der Waals surface area contributed by atoms with E-state index in [0.717, 1.165) is 17.5 Å². The van der Waals surface area contributed by atoms with Crippen molar-refractivity contribution in [1.29, 1.82) is 0 Å². The van der Waals surface area contributed by atoms with Gasteiger partial charge in [-0.1, -0.05) is 0 Å². The maximum atomic E-state index is 10.8. The normalized spacial score (nSPS) is 10.4. The molecule has 2 aromatic heterocycles. The first-order valence-corrected chi connectivity index (χ1v) is 6.31. The smallest absolute Gasteiger partial charge is 0.345 e. The Balaban J connectivity index is 1.97. The highest BCUT2D eigenvalue weighted by Gasteiger charge is 2.17. The lowest BCUT2D eigenvalue weighted by Gasteiger charge is -2.03. The summed E-state index contributed by atoms with van der Waals surface area (Å²) >= 11 is 0.913. The van der Waals surface area contributed by atoms with Crippen LogP contribution in [0, 0.1) is 27.2 Å². The summed E-state index contributed by atoms with van der Waals surface area (Å²) in [4.78, 5) is 28.0. The molecule has 0 amide bonds. The molecule has 0 saturated carbocycles. The minimum absolute atomic E-state index is 0.0581. The average Bonchev–Trinajstić information content (AvgIpc) is 2.97. The standard InChI is InChI=1S/C9H10N6O4S/c1-6-11-4-7(14(16)17)13(6)3-2-10-9-12-5-8(20-9)15(18)19/h4-5H,2-3H2,1H3,(H,10,12). The third-order valence-corrected chi connectivity index (χ3v) is 3.41. The number of thiazole rings is 1. The van der Waals surface area contributed by atoms with Gasteiger partial charge in [0.25, 0.3) is 0 Å². The van der Waals surface area contributed by atoms with Crippen LogP contribution >= 0.6 is 11.3 Å². The molecule has 20 heavy (non-hydrogen) atoms. The van der Waals surface area contributed by atoms with Gasteiger partial charge in [0.15, 0.2) is 11.0 Å². The maximum Gasteiger partial charge on any atom is 0.345 e. The zero-order chi connectivity index (χ0) is 14.7. The molecule has 1 N–H and O–H groups in total. The summed E-state index contributed by atoms with van der Waals surface area (Å²) in [5.74, 6) is 0.443. The number of aromatic nitrogens is 3. The number of imidazole rings is 1. The Morgan fingerprint density at radius 3 is 2.65 bits per heavy atom. The number of rotatable bonds is 6. The molecule has 0 saturated heterocycles. The van der Waals surface area contributed by atoms with Crippen LogP contribution in [-0.4, -0.2) is 30.9 Å². The van der Waals surface area contributed by atoms with Crippen LogP contribution < -0.4 is 5.32 Å². The van der Waals surface area contributed by atoms with Gasteiger partial charge in [-0.05, 0) is 16.3 Å². The SMILES string of the molecule is Cc1ncc([N+](=O)[O-])n1CCNc1ncc([N+](=O)[O-])s1. The van der Waals surface area contributed by atoms with Gasteiger partial charge in [-0.2, -0.15) is 0 Å². The van der Waals surface area contributed by atoms with Crippen LogP contribution in [0.2, 0.25) is 0 Å². The van der Waals surface area contributed by atoms with Gasteiger partial charge in [0.1, 0.15) is 18.9 Å². The number of nitrogens with zero attached hydrogens (tertiary/aromatic N) is 5. The van der Waals surface area contributed by atoms with Crippen LogP contribution in [0.15, 0.2) is 12.4 Å². The first kappa shape index (κ1) is 13.9. The average molecular weight is 298 g/mol. The lowest BCUT2D eigenvalue weighted by atomic mass is 10.5. The molecule has 0 unspecified atom stereocenters. The van der Waals surface area contributed by atoms with Crippen LogP contribution in [-0.2, 0) is 6.54 Å². The molecule has 106 valence electrons. The lowest BCUT2D eigenvalue weighted by molar-refractivity contribution is -0.392. The molecule has 2 rings (SSSR count). The number of aryl methyl sites for hydroxylation is 1. The zero-order valence-electron chi connectivity index (χ0n) is 10.3. The fourth-order valence-electron chi connectivity index (χ4n) is 1.58. The Morgan fingerprint density at radius 2 is 2.05 bits per heavy atom. The molecule has 0 aliphatic heterocycles. The van der Waals surface area contributed by atoms with Crippen molar-refractivity contribution in [3.8, 4) is 0 Å². The van der Waals surface area contributed by atoms with E-state index in [-0.39, 0.29) is 10.8 Å². The quantitative estimate of drug-likeness (QED) is 0.632. The second kappa shape index (κ2) is 5.61. The van der Waals surface area contributed by atoms with E-state index < -0.39 is 9.85 Å². The van der Waals surface area contributed by atoms with Gasteiger partial charge in [0.05, 0.1) is 11.5 Å². The monoisotopic (exact) mass is 298 g/mol. The number of nitro groups is 2. The van der Waals surface area contributed by atoms with Gasteiger partial charge < -0.3 is 15.4 Å². The first-order chi connectivity index (χ1) is 9.49. The summed E-state index contributed by atoms with van der Waals surface area (Å²) in [6, 6.07) is 0. The summed E-state index contributed by atoms with van der Waals surface area (Å²) in [5.41, 5.74) is 0. The molecular formula is C9H10N6O4S. The molecule has 2 heterocycles. The molecule has 0 atom stereocenters. The van der Waals surface area contributed by atoms with Crippen molar-refractivity contribution in [2.45, 2.75) is 13.5 Å². The van der Waals surface area contributed by atoms with E-state index in [9.17, 15) is 20.2 Å². The Labute approximate surface area is 116 Å². The summed E-state index contributed by atoms with van der Waals surface area (Å²) < 4.78 is 1.45. The van der Waals surface area contributed by atoms with E-state index in [1.54, 1.807) is 6.92 Å². The van der Waals surface area contributed by atoms with Crippen molar-refractivity contribution in [2.75, 3.05) is 11.9 Å². The highest BCUT2D eigenvalue weighted by molar-refractivity contribution is 7.18. The molecule has 0 aliphatic carbocycles. The third-order valence-electron chi connectivity index (χ3n) is 2.51. The Bertz CT molecular complexity index is 651. The first-order valence-electron chi connectivity index (χ1n) is 5.49. The number of hydrogen-bond donors (Lipinski definition) is 1. The molecule has 0 spiro atoms. The Hall–Kier alpha value is -2.56. The van der Waals surface area contributed by atoms with Gasteiger partial charge in [-0.25, -0.2) is 14.5 Å². The van der Waals surface area contributed by atoms with Crippen molar-refractivity contribution >= 4 is 27.3 Å². The summed E-state index contributed by atoms with van der Waals surface area (Å²) in [6.45, 7) is 2.33. The number of anilines is 1. The minimum atomic E-state index is -0.520. The second-order valence-electron chi connectivity index (χ2n) is 3.76. The van der Waals surface area contributed by atoms with Crippen LogP contribution in [0.1, 0.15) is 5.82 Å². The topological polar surface area (TPSA) is 129 Å². The molecule has 2 aromatic rings. The zero-order valence-corrected chi connectivity index (χ0v) is 11.2. The van der Waals surface area contributed by atoms with Crippen molar-refractivity contribution in [2.24, 2.45) is 0 Å². The Morgan fingerprint density at radius 1 is 1.30 bits per heavy atom. The second-order valence-corrected chi connectivity index (χ2v) is 4.77. The van der Waals surface area contributed by atoms with Crippen molar-refractivity contribution in [3.05, 3.63) is 38.4 Å². The van der Waals surface area contributed by atoms with Gasteiger partial charge >= 0.3 is 10.8 Å². The molecule has 0 radical (unpaired) electrons. The summed E-state index contributed by atoms with van der Waals surface area (Å²) in [7, 11) is 0. The minimum Gasteiger partial charge on any atom is -0.358 e. The predicted octanol–water partition coefficient (Wildman–Crippen LogP) is 1.58. The van der Waals surface area contributed by atoms with Gasteiger partial charge in [0, 0.05) is 6.92 Å². The van der Waals surface area contributed by atoms with Crippen molar-refractivity contribution < 1.29 is 9.85 Å². The van der Waals surface area contributed by atoms with Gasteiger partial charge in [0.2, 0.25) is 0 Å². The molecule has 0 aromatic carbocycles. The predicted molar refractivity (Wildman–Crippen MR) is 70.9 cm³/mol. The van der Waals surface area contributed by atoms with Crippen LogP contribution in [0.4, 0.5) is 16.0 Å². The van der Waals surface area contributed by atoms with E-state index in [0.29, 0.717) is 24.0 Å². The summed E-state index contributed by atoms with van der Waals surface area (Å²) in [5, 5.41) is 24.5. The molecule has 0 bridgehead atoms. The van der Waals surface area contributed by atoms with Crippen LogP contribution in [0.3, 0.4) is 0 Å².